The van der Waals surface area contributed by atoms with Crippen molar-refractivity contribution in [3.8, 4) is 17.1 Å². The molecule has 5 aromatic rings. The summed E-state index contributed by atoms with van der Waals surface area (Å²) in [4.78, 5) is 44.5. The Morgan fingerprint density at radius 1 is 1.12 bits per heavy atom. The number of nitrogens with zero attached hydrogens (tertiary/aromatic N) is 6. The van der Waals surface area contributed by atoms with Crippen LogP contribution in [0.2, 0.25) is 5.02 Å². The van der Waals surface area contributed by atoms with Gasteiger partial charge in [-0.1, -0.05) is 47.2 Å². The van der Waals surface area contributed by atoms with Gasteiger partial charge >= 0.3 is 5.97 Å². The van der Waals surface area contributed by atoms with Crippen molar-refractivity contribution in [3.63, 3.8) is 0 Å². The number of halogens is 1. The predicted molar refractivity (Wildman–Crippen MR) is 187 cm³/mol. The molecule has 2 aromatic heterocycles. The molecule has 0 saturated heterocycles. The van der Waals surface area contributed by atoms with E-state index in [0.29, 0.717) is 54.8 Å². The van der Waals surface area contributed by atoms with E-state index in [1.165, 1.54) is 35.6 Å². The third-order valence-corrected chi connectivity index (χ3v) is 10.0. The Morgan fingerprint density at radius 3 is 2.63 bits per heavy atom. The molecule has 1 aliphatic rings. The monoisotopic (exact) mass is 716 g/mol. The predicted octanol–water partition coefficient (Wildman–Crippen LogP) is 5.80. The fraction of sp³-hybridized carbons (Fsp3) is 0.206. The van der Waals surface area contributed by atoms with Gasteiger partial charge in [0.1, 0.15) is 5.75 Å². The number of fused-ring (bicyclic) bond motifs is 1. The van der Waals surface area contributed by atoms with Crippen LogP contribution in [-0.4, -0.2) is 43.9 Å². The molecule has 1 atom stereocenters. The van der Waals surface area contributed by atoms with E-state index in [-0.39, 0.29) is 22.4 Å². The molecule has 1 aliphatic heterocycles. The molecule has 0 unspecified atom stereocenters. The molecule has 6 rings (SSSR count). The first-order valence-corrected chi connectivity index (χ1v) is 17.1. The third-order valence-electron chi connectivity index (χ3n) is 7.73. The molecular weight excluding hydrogens is 688 g/mol. The average Bonchev–Trinajstić information content (AvgIpc) is 3.64. The largest absolute Gasteiger partial charge is 0.497 e. The second-order valence-corrected chi connectivity index (χ2v) is 13.2. The second-order valence-electron chi connectivity index (χ2n) is 10.7. The Labute approximate surface area is 293 Å². The Morgan fingerprint density at radius 2 is 1.92 bits per heavy atom. The molecule has 0 spiro atoms. The van der Waals surface area contributed by atoms with Gasteiger partial charge in [0.15, 0.2) is 15.8 Å². The number of esters is 1. The molecule has 3 heterocycles. The first-order valence-electron chi connectivity index (χ1n) is 15.1. The van der Waals surface area contributed by atoms with Crippen LogP contribution in [0.15, 0.2) is 97.8 Å². The van der Waals surface area contributed by atoms with E-state index in [1.807, 2.05) is 23.6 Å². The average molecular weight is 717 g/mol. The Hall–Kier alpha value is -5.05. The lowest BCUT2D eigenvalue weighted by Gasteiger charge is -2.25. The molecule has 0 bridgehead atoms. The maximum atomic E-state index is 14.3. The van der Waals surface area contributed by atoms with Crippen LogP contribution in [0.5, 0.6) is 5.75 Å². The van der Waals surface area contributed by atoms with Crippen LogP contribution in [0.25, 0.3) is 17.5 Å². The molecule has 3 aromatic carbocycles. The summed E-state index contributed by atoms with van der Waals surface area (Å²) in [5.74, 6) is 0.587. The number of aromatic nitrogens is 4. The van der Waals surface area contributed by atoms with Gasteiger partial charge in [0.25, 0.3) is 11.2 Å². The van der Waals surface area contributed by atoms with Crippen LogP contribution < -0.4 is 19.6 Å². The quantitative estimate of drug-likeness (QED) is 0.0996. The van der Waals surface area contributed by atoms with Crippen LogP contribution in [-0.2, 0) is 16.1 Å². The molecule has 0 N–H and O–H groups in total. The number of non-ortho nitro benzene ring substituents is 1. The highest BCUT2D eigenvalue weighted by Gasteiger charge is 2.33. The normalized spacial score (nSPS) is 14.4. The number of hydrogen-bond donors (Lipinski definition) is 0. The number of carbonyl (C=O) groups is 1. The topological polar surface area (TPSA) is 144 Å². The van der Waals surface area contributed by atoms with Gasteiger partial charge in [0, 0.05) is 34.2 Å². The number of allylic oxidation sites excluding steroid dienone is 1. The summed E-state index contributed by atoms with van der Waals surface area (Å²) in [6.07, 6.45) is 1.61. The van der Waals surface area contributed by atoms with Gasteiger partial charge < -0.3 is 14.0 Å². The van der Waals surface area contributed by atoms with Gasteiger partial charge in [-0.3, -0.25) is 19.5 Å². The highest BCUT2D eigenvalue weighted by Crippen LogP contribution is 2.35. The Kier molecular flexibility index (Phi) is 9.81. The molecule has 0 saturated carbocycles. The molecule has 0 amide bonds. The Bertz CT molecular complexity index is 2330. The maximum Gasteiger partial charge on any atom is 0.338 e. The minimum absolute atomic E-state index is 0.143. The molecule has 0 aliphatic carbocycles. The van der Waals surface area contributed by atoms with Crippen molar-refractivity contribution >= 4 is 52.4 Å². The first kappa shape index (κ1) is 33.8. The van der Waals surface area contributed by atoms with E-state index in [9.17, 15) is 19.7 Å². The number of nitro groups is 1. The molecule has 0 fully saturated rings. The van der Waals surface area contributed by atoms with Crippen molar-refractivity contribution in [1.82, 2.24) is 19.3 Å². The number of rotatable bonds is 10. The van der Waals surface area contributed by atoms with Gasteiger partial charge in [0.2, 0.25) is 0 Å². The van der Waals surface area contributed by atoms with Crippen LogP contribution in [0, 0.1) is 10.1 Å². The number of hydrogen-bond acceptors (Lipinski definition) is 11. The number of ether oxygens (including phenoxy) is 2. The minimum Gasteiger partial charge on any atom is -0.497 e. The van der Waals surface area contributed by atoms with E-state index in [1.54, 1.807) is 62.4 Å². The summed E-state index contributed by atoms with van der Waals surface area (Å²) < 4.78 is 14.5. The summed E-state index contributed by atoms with van der Waals surface area (Å²) in [6.45, 7) is 6.06. The lowest BCUT2D eigenvalue weighted by molar-refractivity contribution is -0.384. The van der Waals surface area contributed by atoms with Crippen LogP contribution in [0.1, 0.15) is 37.9 Å². The van der Waals surface area contributed by atoms with Gasteiger partial charge in [-0.25, -0.2) is 9.79 Å². The molecule has 250 valence electrons. The van der Waals surface area contributed by atoms with Crippen LogP contribution >= 0.6 is 34.7 Å². The zero-order chi connectivity index (χ0) is 34.8. The number of carbonyl (C=O) groups excluding carboxylic acids is 1. The lowest BCUT2D eigenvalue weighted by atomic mass is 9.95. The summed E-state index contributed by atoms with van der Waals surface area (Å²) in [5.41, 5.74) is 1.93. The number of benzene rings is 3. The van der Waals surface area contributed by atoms with Crippen LogP contribution in [0.3, 0.4) is 0 Å². The molecule has 12 nitrogen and oxygen atoms in total. The van der Waals surface area contributed by atoms with Crippen molar-refractivity contribution in [3.05, 3.63) is 124 Å². The number of thiazole rings is 1. The first-order chi connectivity index (χ1) is 23.6. The van der Waals surface area contributed by atoms with Gasteiger partial charge in [0.05, 0.1) is 40.5 Å². The summed E-state index contributed by atoms with van der Waals surface area (Å²) in [5, 5.41) is 21.8. The van der Waals surface area contributed by atoms with Crippen molar-refractivity contribution in [2.75, 3.05) is 13.7 Å². The van der Waals surface area contributed by atoms with Crippen molar-refractivity contribution in [1.29, 1.82) is 0 Å². The Balaban J connectivity index is 1.50. The zero-order valence-corrected chi connectivity index (χ0v) is 29.1. The second kappa shape index (κ2) is 14.2. The highest BCUT2D eigenvalue weighted by atomic mass is 35.5. The lowest BCUT2D eigenvalue weighted by Crippen LogP contribution is -2.39. The third kappa shape index (κ3) is 6.67. The van der Waals surface area contributed by atoms with Gasteiger partial charge in [-0.05, 0) is 80.1 Å². The molecule has 15 heteroatoms. The minimum atomic E-state index is -0.848. The SMILES string of the molecule is CCOC(=O)C1=C(C)N=c2s/c(=C/c3cc([N+](=O)[O-])ccc3Sc3nnc(-c4cccc(Cl)c4)n3CC)c(=O)n2[C@@H]1c1cccc(OC)c1. The molecular formula is C34H29ClN6O6S2. The highest BCUT2D eigenvalue weighted by molar-refractivity contribution is 7.99. The van der Waals surface area contributed by atoms with Crippen molar-refractivity contribution in [2.24, 2.45) is 4.99 Å². The van der Waals surface area contributed by atoms with E-state index < -0.39 is 22.5 Å². The van der Waals surface area contributed by atoms with Crippen molar-refractivity contribution in [2.45, 2.75) is 43.4 Å². The van der Waals surface area contributed by atoms with Crippen molar-refractivity contribution < 1.29 is 19.2 Å². The van der Waals surface area contributed by atoms with Gasteiger partial charge in [-0.15, -0.1) is 10.2 Å². The summed E-state index contributed by atoms with van der Waals surface area (Å²) in [7, 11) is 1.54. The number of nitro benzene ring substituents is 1. The van der Waals surface area contributed by atoms with Crippen LogP contribution in [0.4, 0.5) is 5.69 Å². The molecule has 0 radical (unpaired) electrons. The van der Waals surface area contributed by atoms with E-state index in [4.69, 9.17) is 21.1 Å². The molecule has 49 heavy (non-hydrogen) atoms. The fourth-order valence-corrected chi connectivity index (χ4v) is 7.71. The fourth-order valence-electron chi connectivity index (χ4n) is 5.50. The maximum absolute atomic E-state index is 14.3. The number of methoxy groups -OCH3 is 1. The smallest absolute Gasteiger partial charge is 0.338 e. The van der Waals surface area contributed by atoms with E-state index in [2.05, 4.69) is 15.2 Å². The zero-order valence-electron chi connectivity index (χ0n) is 26.7. The van der Waals surface area contributed by atoms with E-state index in [0.717, 1.165) is 16.9 Å². The van der Waals surface area contributed by atoms with E-state index >= 15 is 0 Å². The summed E-state index contributed by atoms with van der Waals surface area (Å²) in [6, 6.07) is 18.0. The van der Waals surface area contributed by atoms with Gasteiger partial charge in [-0.2, -0.15) is 0 Å². The summed E-state index contributed by atoms with van der Waals surface area (Å²) >= 11 is 8.62. The standard InChI is InChI=1S/C34H29ClN6O6S2/c1-5-39-30(21-10-7-11-23(35)15-21)37-38-34(39)48-26-14-13-24(41(44)45)16-22(26)18-27-31(42)40-29(20-9-8-12-25(17-20)46-4)28(32(43)47-6-2)19(3)36-33(40)49-27/h7-18,29H,5-6H2,1-4H3/b27-18+/t29-/m1/s1.